The summed E-state index contributed by atoms with van der Waals surface area (Å²) in [5, 5.41) is 30.6. The smallest absolute Gasteiger partial charge is 0.433 e. The van der Waals surface area contributed by atoms with E-state index < -0.39 is 47.8 Å². The largest absolute Gasteiger partial charge is 0.494 e. The van der Waals surface area contributed by atoms with Crippen LogP contribution in [0.1, 0.15) is 77.8 Å². The first-order valence-electron chi connectivity index (χ1n) is 18.3. The summed E-state index contributed by atoms with van der Waals surface area (Å²) in [5.74, 6) is -2.56. The lowest BCUT2D eigenvalue weighted by Crippen LogP contribution is -2.51. The lowest BCUT2D eigenvalue weighted by atomic mass is 9.87. The number of nitrogens with zero attached hydrogens (tertiary/aromatic N) is 5. The van der Waals surface area contributed by atoms with Crippen molar-refractivity contribution in [2.24, 2.45) is 0 Å². The van der Waals surface area contributed by atoms with E-state index in [9.17, 15) is 28.2 Å². The molecule has 2 saturated heterocycles. The number of benzene rings is 2. The quantitative estimate of drug-likeness (QED) is 0.165. The summed E-state index contributed by atoms with van der Waals surface area (Å²) in [5.41, 5.74) is -0.114. The SMILES string of the molecule is COc1cc2nn(C3CCC(N4CCN(CCc5cc(F)c([C@H]6CC[C@@H](O)N[C@@H]6O)c(F)c5)CC4)CC3)cc2cc1NC(=O)c1cccc(C(F)(F)F)n1. The summed E-state index contributed by atoms with van der Waals surface area (Å²) < 4.78 is 76.9. The summed E-state index contributed by atoms with van der Waals surface area (Å²) in [4.78, 5) is 21.2. The Kier molecular flexibility index (Phi) is 11.2. The van der Waals surface area contributed by atoms with Gasteiger partial charge in [-0.05, 0) is 80.8 Å². The molecule has 1 amide bonds. The second kappa shape index (κ2) is 15.9. The van der Waals surface area contributed by atoms with E-state index in [4.69, 9.17) is 9.84 Å². The molecular formula is C38H44F5N7O4. The number of pyridine rings is 1. The van der Waals surface area contributed by atoms with Crippen molar-refractivity contribution in [1.29, 1.82) is 0 Å². The van der Waals surface area contributed by atoms with Gasteiger partial charge in [-0.25, -0.2) is 13.8 Å². The fourth-order valence-corrected chi connectivity index (χ4v) is 8.09. The number of alkyl halides is 3. The number of piperazine rings is 1. The number of rotatable bonds is 9. The van der Waals surface area contributed by atoms with E-state index in [-0.39, 0.29) is 23.7 Å². The molecule has 4 aromatic rings. The number of hydrogen-bond donors (Lipinski definition) is 4. The molecule has 1 aliphatic carbocycles. The van der Waals surface area contributed by atoms with E-state index in [1.165, 1.54) is 25.3 Å². The third-order valence-electron chi connectivity index (χ3n) is 11.0. The fraction of sp³-hybridized carbons (Fsp3) is 0.500. The number of amides is 1. The summed E-state index contributed by atoms with van der Waals surface area (Å²) >= 11 is 0. The van der Waals surface area contributed by atoms with Crippen LogP contribution in [-0.2, 0) is 12.6 Å². The van der Waals surface area contributed by atoms with Gasteiger partial charge in [-0.2, -0.15) is 18.3 Å². The standard InChI is InChI=1S/C38H44F5N7O4/c1-54-32-20-30-23(19-31(32)45-37(53)29-3-2-4-33(44-29)38(41,42)43)21-50(47-30)25-7-5-24(6-8-25)49-15-13-48(14-16-49)12-11-22-17-27(39)35(28(40)18-22)26-9-10-34(51)46-36(26)52/h2-4,17-21,24-26,34,36,46,51-52H,5-16H2,1H3,(H,45,53)/t24?,25?,26-,34-,36-/m1/s1. The van der Waals surface area contributed by atoms with Crippen molar-refractivity contribution in [3.63, 3.8) is 0 Å². The number of aliphatic hydroxyl groups is 2. The van der Waals surface area contributed by atoms with Crippen molar-refractivity contribution in [3.8, 4) is 5.75 Å². The van der Waals surface area contributed by atoms with Gasteiger partial charge in [-0.1, -0.05) is 6.07 Å². The van der Waals surface area contributed by atoms with Crippen LogP contribution in [0.25, 0.3) is 10.9 Å². The van der Waals surface area contributed by atoms with Gasteiger partial charge in [0, 0.05) is 67.9 Å². The predicted octanol–water partition coefficient (Wildman–Crippen LogP) is 5.44. The zero-order chi connectivity index (χ0) is 38.1. The molecule has 2 aromatic carbocycles. The van der Waals surface area contributed by atoms with Gasteiger partial charge < -0.3 is 25.2 Å². The number of aliphatic hydroxyl groups excluding tert-OH is 2. The normalized spacial score (nSPS) is 24.5. The van der Waals surface area contributed by atoms with Gasteiger partial charge in [0.15, 0.2) is 0 Å². The molecule has 2 aromatic heterocycles. The van der Waals surface area contributed by atoms with E-state index >= 15 is 8.78 Å². The van der Waals surface area contributed by atoms with E-state index in [1.54, 1.807) is 12.1 Å². The number of hydrogen-bond acceptors (Lipinski definition) is 9. The molecule has 11 nitrogen and oxygen atoms in total. The minimum atomic E-state index is -4.67. The van der Waals surface area contributed by atoms with Crippen LogP contribution in [0, 0.1) is 11.6 Å². The highest BCUT2D eigenvalue weighted by atomic mass is 19.4. The van der Waals surface area contributed by atoms with Crippen LogP contribution in [0.5, 0.6) is 5.75 Å². The Labute approximate surface area is 309 Å². The molecule has 54 heavy (non-hydrogen) atoms. The van der Waals surface area contributed by atoms with Gasteiger partial charge in [-0.3, -0.25) is 19.7 Å². The number of aromatic nitrogens is 3. The van der Waals surface area contributed by atoms with Crippen LogP contribution in [-0.4, -0.2) is 99.0 Å². The third kappa shape index (κ3) is 8.37. The Morgan fingerprint density at radius 3 is 2.33 bits per heavy atom. The fourth-order valence-electron chi connectivity index (χ4n) is 8.09. The number of nitrogens with one attached hydrogen (secondary N) is 2. The maximum Gasteiger partial charge on any atom is 0.433 e. The minimum Gasteiger partial charge on any atom is -0.494 e. The summed E-state index contributed by atoms with van der Waals surface area (Å²) in [6.07, 6.45) is 0.110. The van der Waals surface area contributed by atoms with E-state index in [2.05, 4.69) is 25.4 Å². The molecule has 3 atom stereocenters. The molecule has 2 aliphatic heterocycles. The van der Waals surface area contributed by atoms with Gasteiger partial charge in [0.05, 0.1) is 24.4 Å². The van der Waals surface area contributed by atoms with Crippen LogP contribution in [0.15, 0.2) is 48.7 Å². The average Bonchev–Trinajstić information content (AvgIpc) is 3.57. The number of anilines is 1. The Morgan fingerprint density at radius 1 is 0.963 bits per heavy atom. The lowest BCUT2D eigenvalue weighted by molar-refractivity contribution is -0.141. The molecule has 290 valence electrons. The first-order valence-corrected chi connectivity index (χ1v) is 18.3. The molecule has 4 heterocycles. The zero-order valence-corrected chi connectivity index (χ0v) is 29.8. The van der Waals surface area contributed by atoms with Crippen molar-refractivity contribution in [3.05, 3.63) is 82.8 Å². The molecule has 4 N–H and O–H groups in total. The predicted molar refractivity (Wildman–Crippen MR) is 190 cm³/mol. The molecule has 0 spiro atoms. The maximum atomic E-state index is 15.0. The van der Waals surface area contributed by atoms with Crippen molar-refractivity contribution in [1.82, 2.24) is 29.9 Å². The van der Waals surface area contributed by atoms with Crippen LogP contribution < -0.4 is 15.4 Å². The molecule has 16 heteroatoms. The zero-order valence-electron chi connectivity index (χ0n) is 29.8. The molecule has 0 unspecified atom stereocenters. The summed E-state index contributed by atoms with van der Waals surface area (Å²) in [6.45, 7) is 4.22. The number of fused-ring (bicyclic) bond motifs is 1. The van der Waals surface area contributed by atoms with Crippen LogP contribution in [0.3, 0.4) is 0 Å². The molecule has 0 radical (unpaired) electrons. The van der Waals surface area contributed by atoms with Crippen molar-refractivity contribution in [2.45, 2.75) is 81.6 Å². The average molecular weight is 758 g/mol. The second-order valence-corrected chi connectivity index (χ2v) is 14.5. The van der Waals surface area contributed by atoms with Crippen molar-refractivity contribution >= 4 is 22.5 Å². The summed E-state index contributed by atoms with van der Waals surface area (Å²) in [7, 11) is 1.44. The topological polar surface area (TPSA) is 128 Å². The van der Waals surface area contributed by atoms with Crippen LogP contribution in [0.2, 0.25) is 0 Å². The summed E-state index contributed by atoms with van der Waals surface area (Å²) in [6, 6.07) is 9.92. The lowest BCUT2D eigenvalue weighted by Gasteiger charge is -2.42. The van der Waals surface area contributed by atoms with Gasteiger partial charge in [-0.15, -0.1) is 0 Å². The van der Waals surface area contributed by atoms with Gasteiger partial charge in [0.2, 0.25) is 0 Å². The molecule has 1 saturated carbocycles. The van der Waals surface area contributed by atoms with Gasteiger partial charge in [0.25, 0.3) is 5.91 Å². The first kappa shape index (κ1) is 38.1. The van der Waals surface area contributed by atoms with Gasteiger partial charge in [0.1, 0.15) is 41.2 Å². The number of carbonyl (C=O) groups is 1. The van der Waals surface area contributed by atoms with E-state index in [0.717, 1.165) is 69.4 Å². The van der Waals surface area contributed by atoms with Gasteiger partial charge >= 0.3 is 6.18 Å². The first-order chi connectivity index (χ1) is 25.9. The highest BCUT2D eigenvalue weighted by Crippen LogP contribution is 2.36. The Morgan fingerprint density at radius 2 is 1.67 bits per heavy atom. The van der Waals surface area contributed by atoms with Crippen LogP contribution in [0.4, 0.5) is 27.6 Å². The molecule has 3 aliphatic rings. The second-order valence-electron chi connectivity index (χ2n) is 14.5. The number of piperidine rings is 1. The Hall–Kier alpha value is -4.22. The highest BCUT2D eigenvalue weighted by Gasteiger charge is 2.35. The van der Waals surface area contributed by atoms with Crippen molar-refractivity contribution in [2.75, 3.05) is 45.2 Å². The molecule has 0 bridgehead atoms. The molecular weight excluding hydrogens is 713 g/mol. The van der Waals surface area contributed by atoms with E-state index in [1.807, 2.05) is 10.9 Å². The number of methoxy groups -OCH3 is 1. The monoisotopic (exact) mass is 757 g/mol. The highest BCUT2D eigenvalue weighted by molar-refractivity contribution is 6.05. The third-order valence-corrected chi connectivity index (χ3v) is 11.0. The number of halogens is 5. The molecule has 3 fully saturated rings. The molecule has 7 rings (SSSR count). The van der Waals surface area contributed by atoms with Crippen molar-refractivity contribution < 1.29 is 41.7 Å². The number of carbonyl (C=O) groups excluding carboxylic acids is 1. The maximum absolute atomic E-state index is 15.0. The Bertz CT molecular complexity index is 1940. The Balaban J connectivity index is 0.900. The number of ether oxygens (including phenoxy) is 1. The van der Waals surface area contributed by atoms with Crippen LogP contribution >= 0.6 is 0 Å². The van der Waals surface area contributed by atoms with E-state index in [0.29, 0.717) is 47.9 Å². The minimum absolute atomic E-state index is 0.136.